The van der Waals surface area contributed by atoms with Crippen molar-refractivity contribution in [1.29, 1.82) is 0 Å². The van der Waals surface area contributed by atoms with Crippen LogP contribution < -0.4 is 4.74 Å². The highest BCUT2D eigenvalue weighted by Gasteiger charge is 2.31. The lowest BCUT2D eigenvalue weighted by atomic mass is 10.0. The predicted molar refractivity (Wildman–Crippen MR) is 264 cm³/mol. The zero-order valence-corrected chi connectivity index (χ0v) is 44.8. The molecule has 1 aliphatic rings. The van der Waals surface area contributed by atoms with Gasteiger partial charge in [-0.2, -0.15) is 8.78 Å². The van der Waals surface area contributed by atoms with Gasteiger partial charge in [-0.3, -0.25) is 43.6 Å². The summed E-state index contributed by atoms with van der Waals surface area (Å²) >= 11 is 1.65. The Balaban J connectivity index is 1.84. The molecule has 0 saturated carbocycles. The SMILES string of the molecule is CC(C)(C)OC(=O)CN1CCN(CC(=O)OC(C)(C)C)CCN(CC(=O)OC(C)(C)C)[C@@H](Cc2ccc(SCCCCCCC(=O)Oc3c(F)c(F)cc(F)c3F)cc2)CN(CC(=O)OC(C)(C)C)CC1. The summed E-state index contributed by atoms with van der Waals surface area (Å²) in [5, 5.41) is 0. The second-order valence-corrected chi connectivity index (χ2v) is 23.1. The average molecular weight is 1030 g/mol. The summed E-state index contributed by atoms with van der Waals surface area (Å²) in [6, 6.07) is 7.79. The van der Waals surface area contributed by atoms with Crippen molar-refractivity contribution < 1.29 is 65.2 Å². The summed E-state index contributed by atoms with van der Waals surface area (Å²) in [4.78, 5) is 74.9. The Hall–Kier alpha value is -4.30. The third-order valence-electron chi connectivity index (χ3n) is 10.5. The molecule has 1 fully saturated rings. The van der Waals surface area contributed by atoms with Gasteiger partial charge in [0.15, 0.2) is 11.6 Å². The van der Waals surface area contributed by atoms with E-state index in [2.05, 4.69) is 9.64 Å². The number of unbranched alkanes of at least 4 members (excludes halogenated alkanes) is 3. The fourth-order valence-electron chi connectivity index (χ4n) is 7.53. The maximum atomic E-state index is 13.9. The molecule has 1 heterocycles. The Morgan fingerprint density at radius 2 is 0.944 bits per heavy atom. The fourth-order valence-corrected chi connectivity index (χ4v) is 8.44. The molecule has 2 aromatic carbocycles. The van der Waals surface area contributed by atoms with Gasteiger partial charge in [0.25, 0.3) is 0 Å². The lowest BCUT2D eigenvalue weighted by molar-refractivity contribution is -0.160. The number of carbonyl (C=O) groups excluding carboxylic acids is 5. The molecular weight excluding hydrogens is 949 g/mol. The largest absolute Gasteiger partial charge is 0.459 e. The van der Waals surface area contributed by atoms with E-state index in [0.717, 1.165) is 29.1 Å². The molecule has 0 bridgehead atoms. The molecule has 1 atom stereocenters. The van der Waals surface area contributed by atoms with E-state index in [1.807, 2.05) is 122 Å². The van der Waals surface area contributed by atoms with Crippen LogP contribution in [0.1, 0.15) is 121 Å². The van der Waals surface area contributed by atoms with Crippen molar-refractivity contribution in [2.75, 3.05) is 77.7 Å². The first-order chi connectivity index (χ1) is 32.8. The molecule has 0 radical (unpaired) electrons. The van der Waals surface area contributed by atoms with E-state index in [0.29, 0.717) is 65.1 Å². The number of halogens is 4. The van der Waals surface area contributed by atoms with Crippen molar-refractivity contribution in [2.24, 2.45) is 0 Å². The summed E-state index contributed by atoms with van der Waals surface area (Å²) in [6.45, 7) is 24.1. The molecule has 0 aromatic heterocycles. The lowest BCUT2D eigenvalue weighted by Gasteiger charge is -2.39. The van der Waals surface area contributed by atoms with Crippen LogP contribution >= 0.6 is 11.8 Å². The molecule has 14 nitrogen and oxygen atoms in total. The quantitative estimate of drug-likeness (QED) is 0.0253. The number of ether oxygens (including phenoxy) is 5. The summed E-state index contributed by atoms with van der Waals surface area (Å²) in [6.07, 6.45) is 2.81. The average Bonchev–Trinajstić information content (AvgIpc) is 3.20. The summed E-state index contributed by atoms with van der Waals surface area (Å²) in [5.74, 6) is -10.1. The van der Waals surface area contributed by atoms with Gasteiger partial charge in [0.2, 0.25) is 17.4 Å². The van der Waals surface area contributed by atoms with Gasteiger partial charge in [-0.1, -0.05) is 25.0 Å². The third kappa shape index (κ3) is 25.3. The monoisotopic (exact) mass is 1030 g/mol. The van der Waals surface area contributed by atoms with Crippen LogP contribution in [0.25, 0.3) is 0 Å². The van der Waals surface area contributed by atoms with Crippen LogP contribution in [0.4, 0.5) is 17.6 Å². The highest BCUT2D eigenvalue weighted by atomic mass is 32.2. The number of thioether (sulfide) groups is 1. The highest BCUT2D eigenvalue weighted by molar-refractivity contribution is 7.99. The van der Waals surface area contributed by atoms with Gasteiger partial charge in [0, 0.05) is 69.2 Å². The van der Waals surface area contributed by atoms with E-state index in [4.69, 9.17) is 18.9 Å². The summed E-state index contributed by atoms with van der Waals surface area (Å²) in [5.41, 5.74) is -1.92. The van der Waals surface area contributed by atoms with E-state index in [1.54, 1.807) is 11.8 Å². The topological polar surface area (TPSA) is 144 Å². The molecule has 0 spiro atoms. The Labute approximate surface area is 422 Å². The van der Waals surface area contributed by atoms with Gasteiger partial charge < -0.3 is 23.7 Å². The van der Waals surface area contributed by atoms with E-state index >= 15 is 0 Å². The van der Waals surface area contributed by atoms with Crippen LogP contribution in [-0.2, 0) is 49.3 Å². The van der Waals surface area contributed by atoms with Crippen molar-refractivity contribution in [3.05, 3.63) is 59.2 Å². The van der Waals surface area contributed by atoms with Gasteiger partial charge in [0.1, 0.15) is 22.4 Å². The van der Waals surface area contributed by atoms with Crippen molar-refractivity contribution in [3.8, 4) is 5.75 Å². The normalized spacial score (nSPS) is 16.6. The summed E-state index contributed by atoms with van der Waals surface area (Å²) < 4.78 is 82.4. The first-order valence-electron chi connectivity index (χ1n) is 24.4. The second kappa shape index (κ2) is 27.7. The minimum atomic E-state index is -1.77. The van der Waals surface area contributed by atoms with Crippen LogP contribution in [0.5, 0.6) is 5.75 Å². The highest BCUT2D eigenvalue weighted by Crippen LogP contribution is 2.28. The van der Waals surface area contributed by atoms with Crippen LogP contribution in [0.3, 0.4) is 0 Å². The molecule has 1 aliphatic heterocycles. The Morgan fingerprint density at radius 3 is 1.41 bits per heavy atom. The lowest BCUT2D eigenvalue weighted by Crippen LogP contribution is -2.54. The number of rotatable bonds is 19. The number of benzene rings is 2. The van der Waals surface area contributed by atoms with E-state index in [9.17, 15) is 41.5 Å². The fraction of sp³-hybridized carbons (Fsp3) is 0.673. The van der Waals surface area contributed by atoms with Gasteiger partial charge in [0.05, 0.1) is 26.2 Å². The standard InChI is InChI=1S/C52H78F4N4O10S/c1-49(2,3)67-42(62)32-57-22-23-58(33-43(63)68-50(4,5)6)26-27-60(35-45(65)70-52(10,11)12)37(31-59(25-24-57)34-44(64)69-51(7,8)9)29-36-18-20-38(21-19-36)71-28-16-14-13-15-17-41(61)66-48-46(55)39(53)30-40(54)47(48)56/h18-21,30,37H,13-17,22-29,31-35H2,1-12H3/t37-/m0/s1. The zero-order valence-electron chi connectivity index (χ0n) is 44.0. The second-order valence-electron chi connectivity index (χ2n) is 21.9. The zero-order chi connectivity index (χ0) is 53.3. The Kier molecular flexibility index (Phi) is 23.8. The number of hydrogen-bond acceptors (Lipinski definition) is 15. The minimum Gasteiger partial charge on any atom is -0.459 e. The van der Waals surface area contributed by atoms with Crippen LogP contribution in [0, 0.1) is 23.3 Å². The van der Waals surface area contributed by atoms with Crippen LogP contribution in [0.15, 0.2) is 35.2 Å². The molecule has 0 N–H and O–H groups in total. The predicted octanol–water partition coefficient (Wildman–Crippen LogP) is 8.39. The molecule has 1 saturated heterocycles. The molecular formula is C52H78F4N4O10S. The number of nitrogens with zero attached hydrogens (tertiary/aromatic N) is 4. The maximum Gasteiger partial charge on any atom is 0.320 e. The third-order valence-corrected chi connectivity index (χ3v) is 11.5. The molecule has 0 unspecified atom stereocenters. The van der Waals surface area contributed by atoms with Crippen molar-refractivity contribution in [3.63, 3.8) is 0 Å². The molecule has 0 amide bonds. The van der Waals surface area contributed by atoms with Gasteiger partial charge in [-0.15, -0.1) is 11.8 Å². The smallest absolute Gasteiger partial charge is 0.320 e. The molecule has 71 heavy (non-hydrogen) atoms. The van der Waals surface area contributed by atoms with Gasteiger partial charge in [-0.05, 0) is 126 Å². The van der Waals surface area contributed by atoms with Crippen molar-refractivity contribution in [1.82, 2.24) is 19.6 Å². The number of carbonyl (C=O) groups is 5. The van der Waals surface area contributed by atoms with Crippen LogP contribution in [0.2, 0.25) is 0 Å². The Bertz CT molecular complexity index is 2040. The number of hydrogen-bond donors (Lipinski definition) is 0. The molecule has 2 aromatic rings. The minimum absolute atomic E-state index is 0.0112. The van der Waals surface area contributed by atoms with Crippen molar-refractivity contribution in [2.45, 2.75) is 155 Å². The van der Waals surface area contributed by atoms with E-state index < -0.39 is 81.3 Å². The summed E-state index contributed by atoms with van der Waals surface area (Å²) in [7, 11) is 0. The van der Waals surface area contributed by atoms with Gasteiger partial charge >= 0.3 is 29.8 Å². The first kappa shape index (κ1) is 61.0. The first-order valence-corrected chi connectivity index (χ1v) is 25.4. The maximum absolute atomic E-state index is 13.9. The molecule has 19 heteroatoms. The van der Waals surface area contributed by atoms with Crippen molar-refractivity contribution >= 4 is 41.6 Å². The van der Waals surface area contributed by atoms with Crippen LogP contribution in [-0.4, -0.2) is 156 Å². The van der Waals surface area contributed by atoms with E-state index in [1.165, 1.54) is 0 Å². The molecule has 400 valence electrons. The van der Waals surface area contributed by atoms with E-state index in [-0.39, 0.29) is 44.7 Å². The Morgan fingerprint density at radius 1 is 0.535 bits per heavy atom. The number of esters is 5. The molecule has 3 rings (SSSR count). The van der Waals surface area contributed by atoms with Gasteiger partial charge in [-0.25, -0.2) is 8.78 Å². The molecule has 0 aliphatic carbocycles.